The molecule has 1 N–H and O–H groups in total. The van der Waals surface area contributed by atoms with E-state index in [1.54, 1.807) is 36.4 Å². The van der Waals surface area contributed by atoms with Crippen LogP contribution in [0.3, 0.4) is 0 Å². The van der Waals surface area contributed by atoms with E-state index in [0.29, 0.717) is 16.8 Å². The van der Waals surface area contributed by atoms with Gasteiger partial charge in [-0.2, -0.15) is 0 Å². The molecule has 0 saturated carbocycles. The van der Waals surface area contributed by atoms with Crippen LogP contribution in [0.25, 0.3) is 0 Å². The third kappa shape index (κ3) is 5.77. The normalized spacial score (nSPS) is 15.8. The molecule has 3 rings (SSSR count). The molecule has 0 aromatic heterocycles. The molecular weight excluding hydrogens is 393 g/mol. The van der Waals surface area contributed by atoms with E-state index in [1.807, 2.05) is 0 Å². The van der Waals surface area contributed by atoms with E-state index in [4.69, 9.17) is 0 Å². The Morgan fingerprint density at radius 2 is 1.69 bits per heavy atom. The van der Waals surface area contributed by atoms with Crippen molar-refractivity contribution in [1.82, 2.24) is 10.2 Å². The van der Waals surface area contributed by atoms with Crippen LogP contribution in [0, 0.1) is 5.82 Å². The first-order valence-electron chi connectivity index (χ1n) is 9.54. The van der Waals surface area contributed by atoms with Crippen molar-refractivity contribution < 1.29 is 17.6 Å². The highest BCUT2D eigenvalue weighted by molar-refractivity contribution is 7.92. The molecule has 8 heteroatoms. The Kier molecular flexibility index (Phi) is 6.54. The number of sulfonamides is 1. The van der Waals surface area contributed by atoms with Crippen LogP contribution in [0.1, 0.15) is 28.8 Å². The number of likely N-dealkylation sites (tertiary alicyclic amines) is 1. The van der Waals surface area contributed by atoms with Gasteiger partial charge >= 0.3 is 0 Å². The van der Waals surface area contributed by atoms with Crippen LogP contribution in [0.2, 0.25) is 0 Å². The largest absolute Gasteiger partial charge is 0.349 e. The number of carbonyl (C=O) groups excluding carboxylic acids is 1. The highest BCUT2D eigenvalue weighted by Gasteiger charge is 2.21. The summed E-state index contributed by atoms with van der Waals surface area (Å²) in [6, 6.07) is 12.4. The van der Waals surface area contributed by atoms with Crippen LogP contribution in [-0.2, 0) is 16.6 Å². The maximum absolute atomic E-state index is 13.1. The number of nitrogens with one attached hydrogen (secondary N) is 1. The number of anilines is 1. The van der Waals surface area contributed by atoms with Gasteiger partial charge in [-0.05, 0) is 74.9 Å². The van der Waals surface area contributed by atoms with Crippen molar-refractivity contribution in [2.24, 2.45) is 0 Å². The lowest BCUT2D eigenvalue weighted by atomic mass is 10.0. The van der Waals surface area contributed by atoms with Gasteiger partial charge in [0.25, 0.3) is 5.91 Å². The molecule has 1 fully saturated rings. The molecule has 156 valence electrons. The minimum absolute atomic E-state index is 0.0836. The molecule has 29 heavy (non-hydrogen) atoms. The molecule has 1 aliphatic heterocycles. The number of halogens is 1. The Balaban J connectivity index is 1.71. The van der Waals surface area contributed by atoms with E-state index in [9.17, 15) is 17.6 Å². The third-order valence-electron chi connectivity index (χ3n) is 5.11. The van der Waals surface area contributed by atoms with Gasteiger partial charge < -0.3 is 10.2 Å². The summed E-state index contributed by atoms with van der Waals surface area (Å²) in [5.74, 6) is -0.532. The quantitative estimate of drug-likeness (QED) is 0.782. The fraction of sp³-hybridized carbons (Fsp3) is 0.381. The van der Waals surface area contributed by atoms with Crippen molar-refractivity contribution in [1.29, 1.82) is 0 Å². The van der Waals surface area contributed by atoms with Crippen molar-refractivity contribution in [3.05, 3.63) is 65.5 Å². The van der Waals surface area contributed by atoms with Gasteiger partial charge in [0.05, 0.1) is 18.5 Å². The lowest BCUT2D eigenvalue weighted by molar-refractivity contribution is 0.0917. The SMILES string of the molecule is CN1CCC(NC(=O)c2ccc(N(Cc3ccc(F)cc3)S(C)(=O)=O)cc2)CC1. The van der Waals surface area contributed by atoms with E-state index in [-0.39, 0.29) is 24.3 Å². The highest BCUT2D eigenvalue weighted by atomic mass is 32.2. The second-order valence-corrected chi connectivity index (χ2v) is 9.40. The van der Waals surface area contributed by atoms with Crippen molar-refractivity contribution in [2.45, 2.75) is 25.4 Å². The average Bonchev–Trinajstić information content (AvgIpc) is 2.68. The molecule has 0 atom stereocenters. The molecular formula is C21H26FN3O3S. The zero-order chi connectivity index (χ0) is 21.0. The molecule has 2 aromatic carbocycles. The number of carbonyl (C=O) groups is 1. The van der Waals surface area contributed by atoms with Gasteiger partial charge in [0.15, 0.2) is 0 Å². The van der Waals surface area contributed by atoms with Gasteiger partial charge in [0.2, 0.25) is 10.0 Å². The average molecular weight is 420 g/mol. The Morgan fingerprint density at radius 3 is 2.24 bits per heavy atom. The van der Waals surface area contributed by atoms with Crippen molar-refractivity contribution in [3.8, 4) is 0 Å². The zero-order valence-electron chi connectivity index (χ0n) is 16.6. The smallest absolute Gasteiger partial charge is 0.251 e. The van der Waals surface area contributed by atoms with E-state index in [0.717, 1.165) is 32.2 Å². The molecule has 0 unspecified atom stereocenters. The highest BCUT2D eigenvalue weighted by Crippen LogP contribution is 2.22. The van der Waals surface area contributed by atoms with Gasteiger partial charge in [-0.15, -0.1) is 0 Å². The number of hydrogen-bond donors (Lipinski definition) is 1. The first-order valence-corrected chi connectivity index (χ1v) is 11.4. The van der Waals surface area contributed by atoms with E-state index < -0.39 is 10.0 Å². The topological polar surface area (TPSA) is 69.7 Å². The number of rotatable bonds is 6. The summed E-state index contributed by atoms with van der Waals surface area (Å²) in [6.45, 7) is 1.99. The minimum atomic E-state index is -3.55. The second-order valence-electron chi connectivity index (χ2n) is 7.49. The molecule has 1 saturated heterocycles. The monoisotopic (exact) mass is 419 g/mol. The first-order chi connectivity index (χ1) is 13.7. The molecule has 1 aliphatic rings. The standard InChI is InChI=1S/C21H26FN3O3S/c1-24-13-11-19(12-14-24)23-21(26)17-5-9-20(10-6-17)25(29(2,27)28)15-16-3-7-18(22)8-4-16/h3-10,19H,11-15H2,1-2H3,(H,23,26). The fourth-order valence-electron chi connectivity index (χ4n) is 3.36. The Labute approximate surface area is 171 Å². The van der Waals surface area contributed by atoms with Crippen LogP contribution < -0.4 is 9.62 Å². The van der Waals surface area contributed by atoms with Gasteiger partial charge in [0, 0.05) is 11.6 Å². The lowest BCUT2D eigenvalue weighted by Crippen LogP contribution is -2.43. The van der Waals surface area contributed by atoms with E-state index in [1.165, 1.54) is 16.4 Å². The summed E-state index contributed by atoms with van der Waals surface area (Å²) in [7, 11) is -1.49. The van der Waals surface area contributed by atoms with Gasteiger partial charge in [-0.25, -0.2) is 12.8 Å². The van der Waals surface area contributed by atoms with Crippen LogP contribution >= 0.6 is 0 Å². The Hall–Kier alpha value is -2.45. The molecule has 1 amide bonds. The predicted molar refractivity (Wildman–Crippen MR) is 112 cm³/mol. The predicted octanol–water partition coefficient (Wildman–Crippen LogP) is 2.62. The number of amides is 1. The molecule has 2 aromatic rings. The van der Waals surface area contributed by atoms with Gasteiger partial charge in [-0.1, -0.05) is 12.1 Å². The van der Waals surface area contributed by atoms with Crippen molar-refractivity contribution in [3.63, 3.8) is 0 Å². The first kappa shape index (κ1) is 21.3. The number of nitrogens with zero attached hydrogens (tertiary/aromatic N) is 2. The zero-order valence-corrected chi connectivity index (χ0v) is 17.5. The fourth-order valence-corrected chi connectivity index (χ4v) is 4.24. The van der Waals surface area contributed by atoms with E-state index >= 15 is 0 Å². The summed E-state index contributed by atoms with van der Waals surface area (Å²) >= 11 is 0. The maximum atomic E-state index is 13.1. The second kappa shape index (κ2) is 8.92. The van der Waals surface area contributed by atoms with Crippen LogP contribution in [0.5, 0.6) is 0 Å². The molecule has 6 nitrogen and oxygen atoms in total. The van der Waals surface area contributed by atoms with Crippen molar-refractivity contribution >= 4 is 21.6 Å². The summed E-state index contributed by atoms with van der Waals surface area (Å²) in [5, 5.41) is 3.05. The number of benzene rings is 2. The minimum Gasteiger partial charge on any atom is -0.349 e. The Morgan fingerprint density at radius 1 is 1.10 bits per heavy atom. The van der Waals surface area contributed by atoms with E-state index in [2.05, 4.69) is 17.3 Å². The van der Waals surface area contributed by atoms with Crippen LogP contribution in [0.4, 0.5) is 10.1 Å². The van der Waals surface area contributed by atoms with Gasteiger partial charge in [0.1, 0.15) is 5.82 Å². The maximum Gasteiger partial charge on any atom is 0.251 e. The summed E-state index contributed by atoms with van der Waals surface area (Å²) in [5.41, 5.74) is 1.61. The van der Waals surface area contributed by atoms with Crippen LogP contribution in [-0.4, -0.2) is 51.7 Å². The van der Waals surface area contributed by atoms with Crippen LogP contribution in [0.15, 0.2) is 48.5 Å². The third-order valence-corrected chi connectivity index (χ3v) is 6.25. The summed E-state index contributed by atoms with van der Waals surface area (Å²) in [6.07, 6.45) is 2.96. The lowest BCUT2D eigenvalue weighted by Gasteiger charge is -2.29. The number of piperidine rings is 1. The number of hydrogen-bond acceptors (Lipinski definition) is 4. The molecule has 0 spiro atoms. The van der Waals surface area contributed by atoms with Crippen molar-refractivity contribution in [2.75, 3.05) is 30.7 Å². The summed E-state index contributed by atoms with van der Waals surface area (Å²) in [4.78, 5) is 14.7. The van der Waals surface area contributed by atoms with Gasteiger partial charge in [-0.3, -0.25) is 9.10 Å². The molecule has 0 aliphatic carbocycles. The molecule has 0 radical (unpaired) electrons. The Bertz CT molecular complexity index is 938. The molecule has 0 bridgehead atoms. The molecule has 1 heterocycles. The summed E-state index contributed by atoms with van der Waals surface area (Å²) < 4.78 is 38.9.